The first-order valence-corrected chi connectivity index (χ1v) is 11.0. The zero-order chi connectivity index (χ0) is 23.2. The van der Waals surface area contributed by atoms with Gasteiger partial charge in [-0.3, -0.25) is 19.3 Å². The Labute approximate surface area is 190 Å². The van der Waals surface area contributed by atoms with Gasteiger partial charge in [-0.2, -0.15) is 0 Å². The SMILES string of the molecule is COc1ccc(Cl)cc1NC(=O)COC(=O)[C@H](C(C)C)N1C(=O)[C@@H]2[C@@H](C1=O)[C@H]1C=C[C@H]2C1. The average molecular weight is 461 g/mol. The van der Waals surface area contributed by atoms with Crippen LogP contribution in [0, 0.1) is 29.6 Å². The van der Waals surface area contributed by atoms with Crippen LogP contribution in [-0.2, 0) is 23.9 Å². The van der Waals surface area contributed by atoms with Crippen molar-refractivity contribution in [2.45, 2.75) is 26.3 Å². The minimum atomic E-state index is -1.08. The van der Waals surface area contributed by atoms with Crippen molar-refractivity contribution in [1.82, 2.24) is 4.90 Å². The summed E-state index contributed by atoms with van der Waals surface area (Å²) in [6.07, 6.45) is 4.81. The standard InChI is InChI=1S/C23H25ClN2O6/c1-11(2)20(26-21(28)18-12-4-5-13(8-12)19(18)22(26)29)23(30)32-10-17(27)25-15-9-14(24)6-7-16(15)31-3/h4-7,9,11-13,18-20H,8,10H2,1-3H3,(H,25,27)/t12-,13-,18-,19-,20-/m0/s1. The van der Waals surface area contributed by atoms with E-state index in [-0.39, 0.29) is 29.6 Å². The van der Waals surface area contributed by atoms with Crippen LogP contribution in [-0.4, -0.2) is 48.3 Å². The number of fused-ring (bicyclic) bond motifs is 5. The van der Waals surface area contributed by atoms with Crippen LogP contribution in [0.4, 0.5) is 5.69 Å². The maximum Gasteiger partial charge on any atom is 0.330 e. The maximum absolute atomic E-state index is 13.1. The number of nitrogens with zero attached hydrogens (tertiary/aromatic N) is 1. The van der Waals surface area contributed by atoms with Crippen molar-refractivity contribution in [1.29, 1.82) is 0 Å². The molecule has 9 heteroatoms. The molecule has 1 N–H and O–H groups in total. The van der Waals surface area contributed by atoms with Crippen LogP contribution in [0.5, 0.6) is 5.75 Å². The summed E-state index contributed by atoms with van der Waals surface area (Å²) in [5, 5.41) is 2.98. The highest BCUT2D eigenvalue weighted by molar-refractivity contribution is 6.31. The number of amides is 3. The van der Waals surface area contributed by atoms with Gasteiger partial charge in [-0.25, -0.2) is 4.79 Å². The van der Waals surface area contributed by atoms with Crippen molar-refractivity contribution < 1.29 is 28.7 Å². The number of likely N-dealkylation sites (tertiary alicyclic amines) is 1. The highest BCUT2D eigenvalue weighted by atomic mass is 35.5. The van der Waals surface area contributed by atoms with Crippen molar-refractivity contribution >= 4 is 41.0 Å². The van der Waals surface area contributed by atoms with E-state index in [0.29, 0.717) is 16.5 Å². The van der Waals surface area contributed by atoms with E-state index >= 15 is 0 Å². The van der Waals surface area contributed by atoms with E-state index in [1.165, 1.54) is 13.2 Å². The number of halogens is 1. The number of hydrogen-bond acceptors (Lipinski definition) is 6. The molecular weight excluding hydrogens is 436 g/mol. The molecule has 32 heavy (non-hydrogen) atoms. The summed E-state index contributed by atoms with van der Waals surface area (Å²) < 4.78 is 10.4. The number of ether oxygens (including phenoxy) is 2. The van der Waals surface area contributed by atoms with Crippen molar-refractivity contribution in [3.05, 3.63) is 35.4 Å². The van der Waals surface area contributed by atoms with E-state index in [1.54, 1.807) is 26.0 Å². The number of carbonyl (C=O) groups is 4. The van der Waals surface area contributed by atoms with E-state index in [1.807, 2.05) is 12.2 Å². The van der Waals surface area contributed by atoms with Crippen LogP contribution in [0.2, 0.25) is 5.02 Å². The number of methoxy groups -OCH3 is 1. The van der Waals surface area contributed by atoms with E-state index in [4.69, 9.17) is 21.1 Å². The predicted molar refractivity (Wildman–Crippen MR) is 116 cm³/mol. The van der Waals surface area contributed by atoms with E-state index in [0.717, 1.165) is 11.3 Å². The molecule has 1 saturated heterocycles. The number of carbonyl (C=O) groups excluding carboxylic acids is 4. The average Bonchev–Trinajstić information content (AvgIpc) is 3.42. The highest BCUT2D eigenvalue weighted by Crippen LogP contribution is 2.53. The summed E-state index contributed by atoms with van der Waals surface area (Å²) in [5.74, 6) is -2.68. The molecule has 0 aromatic heterocycles. The highest BCUT2D eigenvalue weighted by Gasteiger charge is 2.61. The molecule has 0 unspecified atom stereocenters. The molecule has 1 saturated carbocycles. The van der Waals surface area contributed by atoms with Gasteiger partial charge in [-0.1, -0.05) is 37.6 Å². The molecule has 3 aliphatic rings. The summed E-state index contributed by atoms with van der Waals surface area (Å²) in [4.78, 5) is 52.5. The summed E-state index contributed by atoms with van der Waals surface area (Å²) >= 11 is 5.96. The van der Waals surface area contributed by atoms with Crippen molar-refractivity contribution in [2.24, 2.45) is 29.6 Å². The van der Waals surface area contributed by atoms with Crippen LogP contribution in [0.1, 0.15) is 20.3 Å². The van der Waals surface area contributed by atoms with Crippen molar-refractivity contribution in [3.8, 4) is 5.75 Å². The first-order chi connectivity index (χ1) is 15.2. The Morgan fingerprint density at radius 2 is 1.78 bits per heavy atom. The molecule has 2 bridgehead atoms. The Morgan fingerprint density at radius 3 is 2.34 bits per heavy atom. The van der Waals surface area contributed by atoms with E-state index < -0.39 is 36.4 Å². The fourth-order valence-corrected chi connectivity index (χ4v) is 5.23. The largest absolute Gasteiger partial charge is 0.495 e. The topological polar surface area (TPSA) is 102 Å². The fraction of sp³-hybridized carbons (Fsp3) is 0.478. The molecule has 0 spiro atoms. The van der Waals surface area contributed by atoms with Gasteiger partial charge in [-0.15, -0.1) is 0 Å². The second-order valence-electron chi connectivity index (χ2n) is 8.74. The number of nitrogens with one attached hydrogen (secondary N) is 1. The van der Waals surface area contributed by atoms with Crippen LogP contribution in [0.15, 0.2) is 30.4 Å². The zero-order valence-corrected chi connectivity index (χ0v) is 18.8. The smallest absolute Gasteiger partial charge is 0.330 e. The van der Waals surface area contributed by atoms with Gasteiger partial charge in [0.15, 0.2) is 6.61 Å². The molecule has 3 amide bonds. The monoisotopic (exact) mass is 460 g/mol. The van der Waals surface area contributed by atoms with Crippen molar-refractivity contribution in [3.63, 3.8) is 0 Å². The summed E-state index contributed by atoms with van der Waals surface area (Å²) in [6.45, 7) is 2.91. The second kappa shape index (κ2) is 8.58. The third kappa shape index (κ3) is 3.77. The van der Waals surface area contributed by atoms with Gasteiger partial charge in [-0.05, 0) is 42.4 Å². The number of hydrogen-bond donors (Lipinski definition) is 1. The quantitative estimate of drug-likeness (QED) is 0.381. The number of benzene rings is 1. The third-order valence-electron chi connectivity index (χ3n) is 6.44. The van der Waals surface area contributed by atoms with Crippen LogP contribution < -0.4 is 10.1 Å². The second-order valence-corrected chi connectivity index (χ2v) is 9.17. The molecule has 1 aromatic carbocycles. The predicted octanol–water partition coefficient (Wildman–Crippen LogP) is 2.66. The first kappa shape index (κ1) is 22.3. The number of allylic oxidation sites excluding steroid dienone is 2. The van der Waals surface area contributed by atoms with Crippen molar-refractivity contribution in [2.75, 3.05) is 19.0 Å². The lowest BCUT2D eigenvalue weighted by molar-refractivity contribution is -0.162. The van der Waals surface area contributed by atoms with Gasteiger partial charge in [0, 0.05) is 5.02 Å². The van der Waals surface area contributed by atoms with Gasteiger partial charge >= 0.3 is 5.97 Å². The fourth-order valence-electron chi connectivity index (χ4n) is 5.06. The third-order valence-corrected chi connectivity index (χ3v) is 6.67. The minimum Gasteiger partial charge on any atom is -0.495 e. The minimum absolute atomic E-state index is 0.0498. The normalized spacial score (nSPS) is 26.5. The van der Waals surface area contributed by atoms with Crippen LogP contribution in [0.3, 0.4) is 0 Å². The molecule has 1 aliphatic heterocycles. The summed E-state index contributed by atoms with van der Waals surface area (Å²) in [6, 6.07) is 3.65. The molecule has 2 fully saturated rings. The lowest BCUT2D eigenvalue weighted by Gasteiger charge is -2.28. The van der Waals surface area contributed by atoms with E-state index in [9.17, 15) is 19.2 Å². The van der Waals surface area contributed by atoms with Gasteiger partial charge in [0.25, 0.3) is 5.91 Å². The van der Waals surface area contributed by atoms with Gasteiger partial charge in [0.05, 0.1) is 24.6 Å². The molecule has 1 aromatic rings. The lowest BCUT2D eigenvalue weighted by atomic mass is 9.85. The van der Waals surface area contributed by atoms with Gasteiger partial charge in [0.2, 0.25) is 11.8 Å². The van der Waals surface area contributed by atoms with E-state index in [2.05, 4.69) is 5.32 Å². The molecular formula is C23H25ClN2O6. The molecule has 8 nitrogen and oxygen atoms in total. The summed E-state index contributed by atoms with van der Waals surface area (Å²) in [5.41, 5.74) is 0.335. The maximum atomic E-state index is 13.1. The molecule has 0 radical (unpaired) electrons. The zero-order valence-electron chi connectivity index (χ0n) is 18.0. The Bertz CT molecular complexity index is 976. The Kier molecular flexibility index (Phi) is 5.99. The number of anilines is 1. The lowest BCUT2D eigenvalue weighted by Crippen LogP contribution is -2.50. The molecule has 1 heterocycles. The summed E-state index contributed by atoms with van der Waals surface area (Å²) in [7, 11) is 1.45. The molecule has 170 valence electrons. The molecule has 5 atom stereocenters. The number of rotatable bonds is 7. The van der Waals surface area contributed by atoms with Crippen LogP contribution >= 0.6 is 11.6 Å². The first-order valence-electron chi connectivity index (χ1n) is 10.6. The Balaban J connectivity index is 1.42. The number of imide groups is 1. The number of esters is 1. The Hall–Kier alpha value is -2.87. The van der Waals surface area contributed by atoms with Gasteiger partial charge < -0.3 is 14.8 Å². The molecule has 2 aliphatic carbocycles. The Morgan fingerprint density at radius 1 is 1.16 bits per heavy atom. The van der Waals surface area contributed by atoms with Gasteiger partial charge in [0.1, 0.15) is 11.8 Å². The molecule has 4 rings (SSSR count). The van der Waals surface area contributed by atoms with Crippen LogP contribution in [0.25, 0.3) is 0 Å².